The number of amides is 3. The Kier molecular flexibility index (Phi) is 4.91. The van der Waals surface area contributed by atoms with Crippen molar-refractivity contribution in [2.24, 2.45) is 5.73 Å². The summed E-state index contributed by atoms with van der Waals surface area (Å²) in [5.41, 5.74) is 6.41. The molecule has 0 unspecified atom stereocenters. The molecule has 9 heteroatoms. The largest absolute Gasteiger partial charge is 0.337 e. The van der Waals surface area contributed by atoms with Crippen LogP contribution in [0.2, 0.25) is 0 Å². The molecule has 1 aromatic heterocycles. The molecule has 1 saturated heterocycles. The molecular formula is C15H18ClN5O3. The van der Waals surface area contributed by atoms with E-state index < -0.39 is 11.6 Å². The molecule has 0 radical (unpaired) electrons. The van der Waals surface area contributed by atoms with Crippen LogP contribution in [0, 0.1) is 0 Å². The Morgan fingerprint density at radius 2 is 1.92 bits per heavy atom. The van der Waals surface area contributed by atoms with Crippen molar-refractivity contribution in [3.05, 3.63) is 35.7 Å². The second-order valence-electron chi connectivity index (χ2n) is 5.82. The van der Waals surface area contributed by atoms with E-state index in [9.17, 15) is 9.59 Å². The number of aromatic nitrogens is 2. The number of nitrogens with zero attached hydrogens (tertiary/aromatic N) is 3. The van der Waals surface area contributed by atoms with Gasteiger partial charge in [-0.15, -0.1) is 12.4 Å². The van der Waals surface area contributed by atoms with Crippen LogP contribution in [0.3, 0.4) is 0 Å². The molecule has 1 aliphatic rings. The maximum absolute atomic E-state index is 11.8. The van der Waals surface area contributed by atoms with Crippen LogP contribution < -0.4 is 11.1 Å². The molecule has 1 fully saturated rings. The average molecular weight is 352 g/mol. The van der Waals surface area contributed by atoms with Crippen molar-refractivity contribution in [1.82, 2.24) is 20.4 Å². The van der Waals surface area contributed by atoms with E-state index in [1.807, 2.05) is 24.3 Å². The van der Waals surface area contributed by atoms with Crippen LogP contribution in [-0.2, 0) is 17.9 Å². The molecule has 0 spiro atoms. The van der Waals surface area contributed by atoms with Gasteiger partial charge in [-0.25, -0.2) is 4.79 Å². The summed E-state index contributed by atoms with van der Waals surface area (Å²) in [5, 5.41) is 6.19. The molecule has 24 heavy (non-hydrogen) atoms. The Labute approximate surface area is 144 Å². The third-order valence-electron chi connectivity index (χ3n) is 3.91. The van der Waals surface area contributed by atoms with Crippen molar-refractivity contribution in [3.63, 3.8) is 0 Å². The van der Waals surface area contributed by atoms with E-state index in [4.69, 9.17) is 10.3 Å². The van der Waals surface area contributed by atoms with Gasteiger partial charge in [-0.2, -0.15) is 4.98 Å². The Balaban J connectivity index is 0.00000208. The van der Waals surface area contributed by atoms with Crippen LogP contribution in [0.4, 0.5) is 4.79 Å². The highest BCUT2D eigenvalue weighted by molar-refractivity contribution is 6.06. The summed E-state index contributed by atoms with van der Waals surface area (Å²) in [7, 11) is 0. The Morgan fingerprint density at radius 3 is 2.46 bits per heavy atom. The number of urea groups is 1. The first kappa shape index (κ1) is 17.9. The minimum Gasteiger partial charge on any atom is -0.337 e. The van der Waals surface area contributed by atoms with Gasteiger partial charge in [0.05, 0.1) is 0 Å². The van der Waals surface area contributed by atoms with Crippen LogP contribution in [-0.4, -0.2) is 32.5 Å². The van der Waals surface area contributed by atoms with Crippen molar-refractivity contribution in [1.29, 1.82) is 0 Å². The molecule has 0 bridgehead atoms. The molecule has 3 rings (SSSR count). The zero-order valence-electron chi connectivity index (χ0n) is 13.3. The van der Waals surface area contributed by atoms with Crippen LogP contribution in [0.15, 0.2) is 28.8 Å². The second kappa shape index (κ2) is 6.58. The van der Waals surface area contributed by atoms with Gasteiger partial charge >= 0.3 is 6.03 Å². The third-order valence-corrected chi connectivity index (χ3v) is 3.91. The lowest BCUT2D eigenvalue weighted by Crippen LogP contribution is -2.43. The Hall–Kier alpha value is -2.45. The first-order chi connectivity index (χ1) is 10.9. The number of imide groups is 1. The number of benzene rings is 1. The molecule has 128 valence electrons. The van der Waals surface area contributed by atoms with Gasteiger partial charge in [-0.05, 0) is 19.4 Å². The van der Waals surface area contributed by atoms with Gasteiger partial charge < -0.3 is 15.2 Å². The van der Waals surface area contributed by atoms with Crippen molar-refractivity contribution in [2.75, 3.05) is 0 Å². The first-order valence-electron chi connectivity index (χ1n) is 7.17. The fraction of sp³-hybridized carbons (Fsp3) is 0.333. The van der Waals surface area contributed by atoms with Crippen LogP contribution in [0.25, 0.3) is 11.4 Å². The molecule has 3 N–H and O–H groups in total. The van der Waals surface area contributed by atoms with E-state index in [0.717, 1.165) is 11.1 Å². The zero-order chi connectivity index (χ0) is 16.6. The molecule has 2 heterocycles. The van der Waals surface area contributed by atoms with E-state index in [2.05, 4.69) is 15.5 Å². The van der Waals surface area contributed by atoms with Gasteiger partial charge in [0.1, 0.15) is 12.1 Å². The maximum atomic E-state index is 11.8. The number of nitrogens with two attached hydrogens (primary N) is 1. The fourth-order valence-electron chi connectivity index (χ4n) is 2.32. The highest BCUT2D eigenvalue weighted by atomic mass is 35.5. The number of carbonyl (C=O) groups is 2. The van der Waals surface area contributed by atoms with E-state index in [1.165, 1.54) is 4.90 Å². The van der Waals surface area contributed by atoms with Crippen molar-refractivity contribution in [2.45, 2.75) is 32.5 Å². The average Bonchev–Trinajstić information content (AvgIpc) is 3.07. The number of nitrogens with one attached hydrogen (secondary N) is 1. The van der Waals surface area contributed by atoms with Gasteiger partial charge in [0.15, 0.2) is 0 Å². The minimum atomic E-state index is -0.950. The smallest absolute Gasteiger partial charge is 0.325 e. The predicted molar refractivity (Wildman–Crippen MR) is 88.0 cm³/mol. The zero-order valence-corrected chi connectivity index (χ0v) is 14.1. The summed E-state index contributed by atoms with van der Waals surface area (Å²) in [5.74, 6) is 0.341. The second-order valence-corrected chi connectivity index (χ2v) is 5.82. The molecule has 1 aromatic carbocycles. The third kappa shape index (κ3) is 3.10. The molecule has 0 aliphatic carbocycles. The van der Waals surface area contributed by atoms with Gasteiger partial charge in [-0.3, -0.25) is 10.1 Å². The number of hydrogen-bond acceptors (Lipinski definition) is 6. The van der Waals surface area contributed by atoms with Crippen LogP contribution >= 0.6 is 12.4 Å². The number of carbonyl (C=O) groups excluding carboxylic acids is 2. The number of rotatable bonds is 4. The molecular weight excluding hydrogens is 334 g/mol. The number of halogens is 1. The monoisotopic (exact) mass is 351 g/mol. The molecule has 1 aliphatic heterocycles. The van der Waals surface area contributed by atoms with E-state index >= 15 is 0 Å². The van der Waals surface area contributed by atoms with Crippen LogP contribution in [0.5, 0.6) is 0 Å². The summed E-state index contributed by atoms with van der Waals surface area (Å²) in [6, 6.07) is 7.02. The van der Waals surface area contributed by atoms with Gasteiger partial charge in [0, 0.05) is 12.1 Å². The maximum Gasteiger partial charge on any atom is 0.325 e. The van der Waals surface area contributed by atoms with Gasteiger partial charge in [0.25, 0.3) is 5.91 Å². The lowest BCUT2D eigenvalue weighted by molar-refractivity contribution is -0.125. The molecule has 2 aromatic rings. The normalized spacial score (nSPS) is 16.0. The number of hydrogen-bond donors (Lipinski definition) is 2. The van der Waals surface area contributed by atoms with E-state index in [1.54, 1.807) is 13.8 Å². The molecule has 0 atom stereocenters. The first-order valence-corrected chi connectivity index (χ1v) is 7.17. The van der Waals surface area contributed by atoms with Crippen molar-refractivity contribution < 1.29 is 14.1 Å². The van der Waals surface area contributed by atoms with Gasteiger partial charge in [-0.1, -0.05) is 29.4 Å². The summed E-state index contributed by atoms with van der Waals surface area (Å²) < 4.78 is 5.20. The highest BCUT2D eigenvalue weighted by Gasteiger charge is 2.46. The Bertz CT molecular complexity index is 757. The van der Waals surface area contributed by atoms with Crippen LogP contribution in [0.1, 0.15) is 25.3 Å². The van der Waals surface area contributed by atoms with Crippen molar-refractivity contribution in [3.8, 4) is 11.4 Å². The lowest BCUT2D eigenvalue weighted by atomic mass is 10.0. The molecule has 8 nitrogen and oxygen atoms in total. The standard InChI is InChI=1S/C15H17N5O3.ClH/c1-15(2)13(21)18-14(22)20(15)8-11-17-12(19-23-11)10-5-3-9(7-16)4-6-10;/h3-6H,7-8,16H2,1-2H3,(H,18,21,22);1H. The fourth-order valence-corrected chi connectivity index (χ4v) is 2.32. The molecule has 0 saturated carbocycles. The Morgan fingerprint density at radius 1 is 1.25 bits per heavy atom. The van der Waals surface area contributed by atoms with E-state index in [0.29, 0.717) is 12.4 Å². The molecule has 3 amide bonds. The summed E-state index contributed by atoms with van der Waals surface area (Å²) >= 11 is 0. The summed E-state index contributed by atoms with van der Waals surface area (Å²) in [4.78, 5) is 29.2. The summed E-state index contributed by atoms with van der Waals surface area (Å²) in [6.07, 6.45) is 0. The topological polar surface area (TPSA) is 114 Å². The van der Waals surface area contributed by atoms with E-state index in [-0.39, 0.29) is 30.7 Å². The predicted octanol–water partition coefficient (Wildman–Crippen LogP) is 1.45. The minimum absolute atomic E-state index is 0. The lowest BCUT2D eigenvalue weighted by Gasteiger charge is -2.26. The van der Waals surface area contributed by atoms with Crippen molar-refractivity contribution >= 4 is 24.3 Å². The SMILES string of the molecule is CC1(C)C(=O)NC(=O)N1Cc1nc(-c2ccc(CN)cc2)no1.Cl. The quantitative estimate of drug-likeness (QED) is 0.806. The summed E-state index contributed by atoms with van der Waals surface area (Å²) in [6.45, 7) is 3.86. The van der Waals surface area contributed by atoms with Gasteiger partial charge in [0.2, 0.25) is 11.7 Å². The highest BCUT2D eigenvalue weighted by Crippen LogP contribution is 2.24.